The van der Waals surface area contributed by atoms with Gasteiger partial charge in [0.05, 0.1) is 11.6 Å². The van der Waals surface area contributed by atoms with Gasteiger partial charge in [0.15, 0.2) is 6.04 Å². The van der Waals surface area contributed by atoms with Gasteiger partial charge >= 0.3 is 5.97 Å². The molecular formula is C17H15ClFNO4. The minimum Gasteiger partial charge on any atom is -0.459 e. The summed E-state index contributed by atoms with van der Waals surface area (Å²) in [5.41, 5.74) is 0.767. The molecule has 1 amide bonds. The molecule has 0 radical (unpaired) electrons. The maximum atomic E-state index is 13.0. The lowest BCUT2D eigenvalue weighted by molar-refractivity contribution is -0.148. The number of benzene rings is 2. The van der Waals surface area contributed by atoms with Gasteiger partial charge in [0, 0.05) is 11.1 Å². The van der Waals surface area contributed by atoms with Crippen molar-refractivity contribution in [3.8, 4) is 0 Å². The summed E-state index contributed by atoms with van der Waals surface area (Å²) in [6, 6.07) is 10.7. The van der Waals surface area contributed by atoms with Crippen LogP contribution in [0.15, 0.2) is 48.5 Å². The molecule has 0 spiro atoms. The van der Waals surface area contributed by atoms with Crippen LogP contribution in [0.2, 0.25) is 5.02 Å². The fourth-order valence-electron chi connectivity index (χ4n) is 1.90. The molecular weight excluding hydrogens is 337 g/mol. The monoisotopic (exact) mass is 351 g/mol. The number of halogens is 2. The predicted octanol–water partition coefficient (Wildman–Crippen LogP) is 2.31. The van der Waals surface area contributed by atoms with E-state index in [0.717, 1.165) is 6.07 Å². The van der Waals surface area contributed by atoms with E-state index in [1.54, 1.807) is 30.3 Å². The third kappa shape index (κ3) is 4.78. The Hall–Kier alpha value is -2.44. The minimum atomic E-state index is -1.21. The molecule has 2 aromatic carbocycles. The van der Waals surface area contributed by atoms with Crippen molar-refractivity contribution in [1.29, 1.82) is 0 Å². The third-order valence-corrected chi connectivity index (χ3v) is 3.55. The van der Waals surface area contributed by atoms with Crippen LogP contribution in [0, 0.1) is 5.82 Å². The van der Waals surface area contributed by atoms with Crippen LogP contribution < -0.4 is 5.32 Å². The first-order chi connectivity index (χ1) is 11.5. The number of esters is 1. The zero-order valence-corrected chi connectivity index (χ0v) is 13.3. The summed E-state index contributed by atoms with van der Waals surface area (Å²) in [6.07, 6.45) is 0. The molecule has 0 aliphatic carbocycles. The number of aliphatic hydroxyl groups excluding tert-OH is 1. The van der Waals surface area contributed by atoms with E-state index in [0.29, 0.717) is 11.1 Å². The van der Waals surface area contributed by atoms with Gasteiger partial charge in [-0.2, -0.15) is 0 Å². The Kier molecular flexibility index (Phi) is 6.28. The molecule has 24 heavy (non-hydrogen) atoms. The molecule has 0 aliphatic heterocycles. The van der Waals surface area contributed by atoms with Crippen LogP contribution >= 0.6 is 11.6 Å². The molecule has 2 N–H and O–H groups in total. The Morgan fingerprint density at radius 1 is 1.21 bits per heavy atom. The van der Waals surface area contributed by atoms with Gasteiger partial charge in [0.1, 0.15) is 12.4 Å². The number of amides is 1. The van der Waals surface area contributed by atoms with E-state index >= 15 is 0 Å². The molecule has 5 nitrogen and oxygen atoms in total. The summed E-state index contributed by atoms with van der Waals surface area (Å²) in [5.74, 6) is -1.83. The number of aliphatic hydroxyl groups is 1. The lowest BCUT2D eigenvalue weighted by Crippen LogP contribution is -2.44. The van der Waals surface area contributed by atoms with Gasteiger partial charge in [-0.3, -0.25) is 4.79 Å². The molecule has 1 atom stereocenters. The van der Waals surface area contributed by atoms with Gasteiger partial charge < -0.3 is 15.2 Å². The van der Waals surface area contributed by atoms with E-state index in [2.05, 4.69) is 5.32 Å². The smallest absolute Gasteiger partial charge is 0.331 e. The van der Waals surface area contributed by atoms with Crippen LogP contribution in [0.3, 0.4) is 0 Å². The van der Waals surface area contributed by atoms with Crippen LogP contribution in [0.4, 0.5) is 4.39 Å². The molecule has 126 valence electrons. The summed E-state index contributed by atoms with van der Waals surface area (Å²) in [7, 11) is 0. The number of nitrogens with one attached hydrogen (secondary N) is 1. The Morgan fingerprint density at radius 2 is 1.92 bits per heavy atom. The van der Waals surface area contributed by atoms with Crippen molar-refractivity contribution in [3.05, 3.63) is 70.5 Å². The summed E-state index contributed by atoms with van der Waals surface area (Å²) in [6.45, 7) is -0.815. The molecule has 1 unspecified atom stereocenters. The Morgan fingerprint density at radius 3 is 2.54 bits per heavy atom. The topological polar surface area (TPSA) is 75.6 Å². The second kappa shape index (κ2) is 8.42. The first kappa shape index (κ1) is 17.9. The molecule has 0 bridgehead atoms. The molecule has 0 aliphatic rings. The van der Waals surface area contributed by atoms with Crippen LogP contribution in [-0.4, -0.2) is 29.6 Å². The molecule has 0 aromatic heterocycles. The Balaban J connectivity index is 1.95. The van der Waals surface area contributed by atoms with E-state index in [4.69, 9.17) is 16.3 Å². The molecule has 0 saturated carbocycles. The predicted molar refractivity (Wildman–Crippen MR) is 86.0 cm³/mol. The van der Waals surface area contributed by atoms with Gasteiger partial charge in [-0.05, 0) is 24.3 Å². The lowest BCUT2D eigenvalue weighted by Gasteiger charge is -2.16. The Bertz CT molecular complexity index is 724. The normalized spacial score (nSPS) is 11.6. The van der Waals surface area contributed by atoms with Crippen LogP contribution in [-0.2, 0) is 16.1 Å². The highest BCUT2D eigenvalue weighted by molar-refractivity contribution is 6.31. The zero-order chi connectivity index (χ0) is 17.5. The highest BCUT2D eigenvalue weighted by Crippen LogP contribution is 2.18. The summed E-state index contributed by atoms with van der Waals surface area (Å²) in [5, 5.41) is 11.8. The number of hydrogen-bond acceptors (Lipinski definition) is 4. The second-order valence-electron chi connectivity index (χ2n) is 4.92. The van der Waals surface area contributed by atoms with Crippen molar-refractivity contribution in [3.63, 3.8) is 0 Å². The minimum absolute atomic E-state index is 0.122. The molecule has 0 fully saturated rings. The lowest BCUT2D eigenvalue weighted by atomic mass is 10.2. The van der Waals surface area contributed by atoms with Gasteiger partial charge in [-0.15, -0.1) is 0 Å². The largest absolute Gasteiger partial charge is 0.459 e. The number of ether oxygens (including phenoxy) is 1. The van der Waals surface area contributed by atoms with Gasteiger partial charge in [-0.25, -0.2) is 9.18 Å². The third-order valence-electron chi connectivity index (χ3n) is 3.19. The average molecular weight is 352 g/mol. The standard InChI is InChI=1S/C17H15ClFNO4/c18-14-8-13(19)7-6-12(14)10-24-17(23)15(9-21)20-16(22)11-4-2-1-3-5-11/h1-8,15,21H,9-10H2,(H,20,22). The molecule has 2 aromatic rings. The first-order valence-electron chi connectivity index (χ1n) is 7.08. The quantitative estimate of drug-likeness (QED) is 0.783. The van der Waals surface area contributed by atoms with Crippen LogP contribution in [0.1, 0.15) is 15.9 Å². The maximum absolute atomic E-state index is 13.0. The van der Waals surface area contributed by atoms with Gasteiger partial charge in [-0.1, -0.05) is 35.9 Å². The van der Waals surface area contributed by atoms with E-state index in [1.807, 2.05) is 0 Å². The highest BCUT2D eigenvalue weighted by Gasteiger charge is 2.22. The number of carbonyl (C=O) groups excluding carboxylic acids is 2. The number of carbonyl (C=O) groups is 2. The van der Waals surface area contributed by atoms with Crippen LogP contribution in [0.25, 0.3) is 0 Å². The first-order valence-corrected chi connectivity index (χ1v) is 7.46. The SMILES string of the molecule is O=C(NC(CO)C(=O)OCc1ccc(F)cc1Cl)c1ccccc1. The summed E-state index contributed by atoms with van der Waals surface area (Å²) >= 11 is 5.84. The summed E-state index contributed by atoms with van der Waals surface area (Å²) in [4.78, 5) is 24.0. The van der Waals surface area contributed by atoms with E-state index in [1.165, 1.54) is 12.1 Å². The van der Waals surface area contributed by atoms with Crippen LogP contribution in [0.5, 0.6) is 0 Å². The molecule has 7 heteroatoms. The maximum Gasteiger partial charge on any atom is 0.331 e. The fourth-order valence-corrected chi connectivity index (χ4v) is 2.12. The zero-order valence-electron chi connectivity index (χ0n) is 12.5. The van der Waals surface area contributed by atoms with E-state index in [9.17, 15) is 19.1 Å². The number of hydrogen-bond donors (Lipinski definition) is 2. The van der Waals surface area contributed by atoms with E-state index < -0.39 is 30.3 Å². The van der Waals surface area contributed by atoms with Crippen molar-refractivity contribution in [1.82, 2.24) is 5.32 Å². The van der Waals surface area contributed by atoms with Gasteiger partial charge in [0.2, 0.25) is 0 Å². The van der Waals surface area contributed by atoms with Crippen molar-refractivity contribution in [2.24, 2.45) is 0 Å². The molecule has 2 rings (SSSR count). The summed E-state index contributed by atoms with van der Waals surface area (Å²) < 4.78 is 18.0. The average Bonchev–Trinajstić information content (AvgIpc) is 2.59. The highest BCUT2D eigenvalue weighted by atomic mass is 35.5. The van der Waals surface area contributed by atoms with Gasteiger partial charge in [0.25, 0.3) is 5.91 Å². The number of rotatable bonds is 6. The van der Waals surface area contributed by atoms with E-state index in [-0.39, 0.29) is 11.6 Å². The van der Waals surface area contributed by atoms with Crippen molar-refractivity contribution < 1.29 is 23.8 Å². The van der Waals surface area contributed by atoms with Crippen molar-refractivity contribution in [2.45, 2.75) is 12.6 Å². The van der Waals surface area contributed by atoms with Crippen molar-refractivity contribution in [2.75, 3.05) is 6.61 Å². The Labute approximate surface area is 143 Å². The van der Waals surface area contributed by atoms with Crippen molar-refractivity contribution >= 4 is 23.5 Å². The molecule has 0 saturated heterocycles. The fraction of sp³-hybridized carbons (Fsp3) is 0.176. The molecule has 0 heterocycles. The second-order valence-corrected chi connectivity index (χ2v) is 5.33.